The van der Waals surface area contributed by atoms with Crippen LogP contribution in [0.3, 0.4) is 0 Å². The fraction of sp³-hybridized carbons (Fsp3) is 0.615. The van der Waals surface area contributed by atoms with Gasteiger partial charge in [0.25, 0.3) is 0 Å². The lowest BCUT2D eigenvalue weighted by molar-refractivity contribution is 0.203. The van der Waals surface area contributed by atoms with Crippen molar-refractivity contribution in [3.05, 3.63) is 23.9 Å². The summed E-state index contributed by atoms with van der Waals surface area (Å²) in [4.78, 5) is 6.66. The highest BCUT2D eigenvalue weighted by molar-refractivity contribution is 5.29. The first-order chi connectivity index (χ1) is 7.65. The van der Waals surface area contributed by atoms with Gasteiger partial charge in [-0.25, -0.2) is 4.98 Å². The van der Waals surface area contributed by atoms with Crippen molar-refractivity contribution in [2.75, 3.05) is 12.3 Å². The summed E-state index contributed by atoms with van der Waals surface area (Å²) in [6.07, 6.45) is 4.70. The first kappa shape index (κ1) is 11.4. The Bertz CT molecular complexity index is 328. The summed E-state index contributed by atoms with van der Waals surface area (Å²) in [5.74, 6) is 1.53. The van der Waals surface area contributed by atoms with E-state index in [0.29, 0.717) is 11.9 Å². The number of pyridine rings is 1. The smallest absolute Gasteiger partial charge is 0.123 e. The van der Waals surface area contributed by atoms with Crippen LogP contribution in [0.15, 0.2) is 18.3 Å². The molecule has 2 N–H and O–H groups in total. The highest BCUT2D eigenvalue weighted by Crippen LogP contribution is 2.30. The number of aromatic nitrogens is 1. The Hall–Kier alpha value is -1.09. The molecule has 0 saturated heterocycles. The van der Waals surface area contributed by atoms with Crippen LogP contribution >= 0.6 is 0 Å². The van der Waals surface area contributed by atoms with Crippen molar-refractivity contribution in [2.24, 2.45) is 5.92 Å². The third kappa shape index (κ3) is 3.20. The zero-order valence-electron chi connectivity index (χ0n) is 10.2. The maximum atomic E-state index is 5.58. The standard InChI is InChI=1S/C13H21N3/c1-10(2)16(8-11-3-4-11)9-12-5-6-13(14)15-7-12/h5-7,10-11H,3-4,8-9H2,1-2H3,(H2,14,15). The number of anilines is 1. The van der Waals surface area contributed by atoms with Crippen LogP contribution in [-0.4, -0.2) is 22.5 Å². The fourth-order valence-electron chi connectivity index (χ4n) is 1.85. The Morgan fingerprint density at radius 2 is 2.19 bits per heavy atom. The van der Waals surface area contributed by atoms with Gasteiger partial charge in [-0.1, -0.05) is 6.07 Å². The van der Waals surface area contributed by atoms with E-state index in [1.807, 2.05) is 12.3 Å². The number of nitrogens with zero attached hydrogens (tertiary/aromatic N) is 2. The van der Waals surface area contributed by atoms with E-state index in [9.17, 15) is 0 Å². The third-order valence-corrected chi connectivity index (χ3v) is 3.15. The first-order valence-electron chi connectivity index (χ1n) is 6.09. The van der Waals surface area contributed by atoms with Crippen LogP contribution in [0, 0.1) is 5.92 Å². The van der Waals surface area contributed by atoms with Gasteiger partial charge in [0.1, 0.15) is 5.82 Å². The maximum absolute atomic E-state index is 5.58. The van der Waals surface area contributed by atoms with Crippen LogP contribution in [-0.2, 0) is 6.54 Å². The van der Waals surface area contributed by atoms with E-state index in [-0.39, 0.29) is 0 Å². The molecule has 0 spiro atoms. The molecule has 1 heterocycles. The lowest BCUT2D eigenvalue weighted by atomic mass is 10.2. The van der Waals surface area contributed by atoms with Gasteiger partial charge in [-0.05, 0) is 44.2 Å². The molecule has 16 heavy (non-hydrogen) atoms. The Kier molecular flexibility index (Phi) is 3.44. The second-order valence-electron chi connectivity index (χ2n) is 5.06. The van der Waals surface area contributed by atoms with Gasteiger partial charge in [0, 0.05) is 25.3 Å². The van der Waals surface area contributed by atoms with Crippen LogP contribution in [0.5, 0.6) is 0 Å². The van der Waals surface area contributed by atoms with E-state index in [0.717, 1.165) is 12.5 Å². The van der Waals surface area contributed by atoms with Gasteiger partial charge in [0.2, 0.25) is 0 Å². The molecule has 0 bridgehead atoms. The van der Waals surface area contributed by atoms with Crippen molar-refractivity contribution >= 4 is 5.82 Å². The van der Waals surface area contributed by atoms with Gasteiger partial charge in [-0.3, -0.25) is 4.90 Å². The Morgan fingerprint density at radius 1 is 1.44 bits per heavy atom. The van der Waals surface area contributed by atoms with Crippen LogP contribution in [0.4, 0.5) is 5.82 Å². The molecule has 1 aliphatic rings. The molecule has 1 aromatic rings. The molecule has 0 aliphatic heterocycles. The number of hydrogen-bond acceptors (Lipinski definition) is 3. The number of nitrogens with two attached hydrogens (primary N) is 1. The average molecular weight is 219 g/mol. The highest BCUT2D eigenvalue weighted by atomic mass is 15.1. The summed E-state index contributed by atoms with van der Waals surface area (Å²) in [6.45, 7) is 6.73. The van der Waals surface area contributed by atoms with Crippen LogP contribution in [0.2, 0.25) is 0 Å². The van der Waals surface area contributed by atoms with Gasteiger partial charge in [-0.2, -0.15) is 0 Å². The van der Waals surface area contributed by atoms with Crippen LogP contribution in [0.25, 0.3) is 0 Å². The quantitative estimate of drug-likeness (QED) is 0.826. The molecule has 1 saturated carbocycles. The van der Waals surface area contributed by atoms with E-state index in [2.05, 4.69) is 29.8 Å². The minimum absolute atomic E-state index is 0.596. The predicted octanol–water partition coefficient (Wildman–Crippen LogP) is 2.28. The SMILES string of the molecule is CC(C)N(Cc1ccc(N)nc1)CC1CC1. The van der Waals surface area contributed by atoms with Crippen molar-refractivity contribution in [2.45, 2.75) is 39.3 Å². The van der Waals surface area contributed by atoms with Gasteiger partial charge < -0.3 is 5.73 Å². The Labute approximate surface area is 97.7 Å². The van der Waals surface area contributed by atoms with E-state index >= 15 is 0 Å². The predicted molar refractivity (Wildman–Crippen MR) is 66.9 cm³/mol. The van der Waals surface area contributed by atoms with Gasteiger partial charge >= 0.3 is 0 Å². The Morgan fingerprint density at radius 3 is 2.69 bits per heavy atom. The summed E-state index contributed by atoms with van der Waals surface area (Å²) in [5.41, 5.74) is 6.84. The lowest BCUT2D eigenvalue weighted by Gasteiger charge is -2.26. The molecule has 0 amide bonds. The van der Waals surface area contributed by atoms with Gasteiger partial charge in [-0.15, -0.1) is 0 Å². The second kappa shape index (κ2) is 4.83. The molecule has 88 valence electrons. The lowest BCUT2D eigenvalue weighted by Crippen LogP contribution is -2.32. The molecule has 3 heteroatoms. The molecule has 0 radical (unpaired) electrons. The molecule has 3 nitrogen and oxygen atoms in total. The molecule has 0 atom stereocenters. The normalized spacial score (nSPS) is 16.0. The number of nitrogen functional groups attached to an aromatic ring is 1. The van der Waals surface area contributed by atoms with E-state index < -0.39 is 0 Å². The molecule has 0 aromatic carbocycles. The summed E-state index contributed by atoms with van der Waals surface area (Å²) in [6, 6.07) is 4.55. The van der Waals surface area contributed by atoms with Crippen molar-refractivity contribution in [3.8, 4) is 0 Å². The maximum Gasteiger partial charge on any atom is 0.123 e. The first-order valence-corrected chi connectivity index (χ1v) is 6.09. The zero-order valence-corrected chi connectivity index (χ0v) is 10.2. The summed E-state index contributed by atoms with van der Waals surface area (Å²) >= 11 is 0. The van der Waals surface area contributed by atoms with Crippen molar-refractivity contribution in [1.29, 1.82) is 0 Å². The van der Waals surface area contributed by atoms with Crippen LogP contribution < -0.4 is 5.73 Å². The van der Waals surface area contributed by atoms with Crippen molar-refractivity contribution < 1.29 is 0 Å². The summed E-state index contributed by atoms with van der Waals surface area (Å²) in [7, 11) is 0. The van der Waals surface area contributed by atoms with E-state index in [1.165, 1.54) is 24.9 Å². The van der Waals surface area contributed by atoms with Gasteiger partial charge in [0.15, 0.2) is 0 Å². The topological polar surface area (TPSA) is 42.1 Å². The van der Waals surface area contributed by atoms with Crippen LogP contribution in [0.1, 0.15) is 32.3 Å². The minimum atomic E-state index is 0.596. The molecular weight excluding hydrogens is 198 g/mol. The van der Waals surface area contributed by atoms with Gasteiger partial charge in [0.05, 0.1) is 0 Å². The molecule has 0 unspecified atom stereocenters. The van der Waals surface area contributed by atoms with E-state index in [4.69, 9.17) is 5.73 Å². The van der Waals surface area contributed by atoms with E-state index in [1.54, 1.807) is 0 Å². The number of hydrogen-bond donors (Lipinski definition) is 1. The Balaban J connectivity index is 1.95. The zero-order chi connectivity index (χ0) is 11.5. The largest absolute Gasteiger partial charge is 0.384 e. The fourth-order valence-corrected chi connectivity index (χ4v) is 1.85. The molecular formula is C13H21N3. The van der Waals surface area contributed by atoms with Crippen molar-refractivity contribution in [3.63, 3.8) is 0 Å². The summed E-state index contributed by atoms with van der Waals surface area (Å²) < 4.78 is 0. The van der Waals surface area contributed by atoms with Crippen molar-refractivity contribution in [1.82, 2.24) is 9.88 Å². The molecule has 1 aromatic heterocycles. The minimum Gasteiger partial charge on any atom is -0.384 e. The third-order valence-electron chi connectivity index (χ3n) is 3.15. The number of rotatable bonds is 5. The second-order valence-corrected chi connectivity index (χ2v) is 5.06. The highest BCUT2D eigenvalue weighted by Gasteiger charge is 2.25. The summed E-state index contributed by atoms with van der Waals surface area (Å²) in [5, 5.41) is 0. The molecule has 1 fully saturated rings. The monoisotopic (exact) mass is 219 g/mol. The average Bonchev–Trinajstić information content (AvgIpc) is 3.04. The molecule has 2 rings (SSSR count). The molecule has 1 aliphatic carbocycles.